The van der Waals surface area contributed by atoms with Crippen LogP contribution in [0.3, 0.4) is 0 Å². The number of nitrogens with zero attached hydrogens (tertiary/aromatic N) is 3. The van der Waals surface area contributed by atoms with Crippen molar-refractivity contribution in [2.45, 2.75) is 31.6 Å². The van der Waals surface area contributed by atoms with E-state index in [0.717, 1.165) is 25.7 Å². The van der Waals surface area contributed by atoms with Crippen LogP contribution in [-0.4, -0.2) is 25.7 Å². The van der Waals surface area contributed by atoms with Crippen LogP contribution in [0.2, 0.25) is 0 Å². The van der Waals surface area contributed by atoms with Crippen LogP contribution >= 0.6 is 0 Å². The Hall–Kier alpha value is -1.91. The summed E-state index contributed by atoms with van der Waals surface area (Å²) in [7, 11) is 0. The Labute approximate surface area is 98.1 Å². The Balaban J connectivity index is 2.22. The highest BCUT2D eigenvalue weighted by atomic mass is 16.4. The summed E-state index contributed by atoms with van der Waals surface area (Å²) in [5.41, 5.74) is 1.42. The first-order chi connectivity index (χ1) is 8.27. The van der Waals surface area contributed by atoms with Crippen LogP contribution in [0.25, 0.3) is 5.65 Å². The lowest BCUT2D eigenvalue weighted by molar-refractivity contribution is 0.0697. The van der Waals surface area contributed by atoms with Gasteiger partial charge in [-0.2, -0.15) is 5.10 Å². The van der Waals surface area contributed by atoms with Gasteiger partial charge in [-0.25, -0.2) is 14.3 Å². The summed E-state index contributed by atoms with van der Waals surface area (Å²) in [6, 6.07) is 1.75. The second-order valence-electron chi connectivity index (χ2n) is 4.43. The van der Waals surface area contributed by atoms with E-state index in [9.17, 15) is 9.90 Å². The van der Waals surface area contributed by atoms with Crippen molar-refractivity contribution >= 4 is 11.6 Å². The third kappa shape index (κ3) is 1.58. The molecule has 0 aromatic carbocycles. The fourth-order valence-corrected chi connectivity index (χ4v) is 2.59. The second kappa shape index (κ2) is 3.84. The topological polar surface area (TPSA) is 67.5 Å². The SMILES string of the molecule is O=C(O)c1c(C2CCCC2)nn2cccnc12. The molecule has 0 unspecified atom stereocenters. The predicted molar refractivity (Wildman–Crippen MR) is 61.2 cm³/mol. The highest BCUT2D eigenvalue weighted by Crippen LogP contribution is 2.35. The van der Waals surface area contributed by atoms with E-state index in [1.807, 2.05) is 0 Å². The quantitative estimate of drug-likeness (QED) is 0.859. The van der Waals surface area contributed by atoms with E-state index in [4.69, 9.17) is 0 Å². The number of carboxylic acids is 1. The molecule has 0 spiro atoms. The highest BCUT2D eigenvalue weighted by molar-refractivity contribution is 5.96. The number of fused-ring (bicyclic) bond motifs is 1. The Bertz CT molecular complexity index is 570. The van der Waals surface area contributed by atoms with Gasteiger partial charge in [0.1, 0.15) is 5.56 Å². The number of hydrogen-bond acceptors (Lipinski definition) is 3. The summed E-state index contributed by atoms with van der Waals surface area (Å²) < 4.78 is 1.57. The number of carboxylic acid groups (broad SMARTS) is 1. The molecule has 0 atom stereocenters. The van der Waals surface area contributed by atoms with Crippen molar-refractivity contribution in [3.63, 3.8) is 0 Å². The molecule has 1 aliphatic rings. The molecule has 1 N–H and O–H groups in total. The second-order valence-corrected chi connectivity index (χ2v) is 4.43. The molecular formula is C12H13N3O2. The average Bonchev–Trinajstić information content (AvgIpc) is 2.95. The molecule has 2 heterocycles. The van der Waals surface area contributed by atoms with Crippen LogP contribution in [0.1, 0.15) is 47.7 Å². The summed E-state index contributed by atoms with van der Waals surface area (Å²) in [6.07, 6.45) is 7.72. The molecule has 0 radical (unpaired) electrons. The Kier molecular flexibility index (Phi) is 2.31. The van der Waals surface area contributed by atoms with Crippen LogP contribution in [0.15, 0.2) is 18.5 Å². The smallest absolute Gasteiger partial charge is 0.341 e. The minimum atomic E-state index is -0.930. The van der Waals surface area contributed by atoms with Crippen molar-refractivity contribution in [3.05, 3.63) is 29.7 Å². The van der Waals surface area contributed by atoms with Crippen LogP contribution in [0.5, 0.6) is 0 Å². The van der Waals surface area contributed by atoms with Gasteiger partial charge in [0.15, 0.2) is 5.65 Å². The van der Waals surface area contributed by atoms with E-state index in [1.165, 1.54) is 0 Å². The maximum Gasteiger partial charge on any atom is 0.341 e. The predicted octanol–water partition coefficient (Wildman–Crippen LogP) is 2.09. The normalized spacial score (nSPS) is 16.7. The van der Waals surface area contributed by atoms with Gasteiger partial charge in [0.05, 0.1) is 5.69 Å². The standard InChI is InChI=1S/C12H13N3O2/c16-12(17)9-10(8-4-1-2-5-8)14-15-7-3-6-13-11(9)15/h3,6-8H,1-2,4-5H2,(H,16,17). The Morgan fingerprint density at radius 2 is 2.18 bits per heavy atom. The Morgan fingerprint density at radius 1 is 1.41 bits per heavy atom. The molecule has 0 amide bonds. The maximum absolute atomic E-state index is 11.4. The molecule has 5 nitrogen and oxygen atoms in total. The third-order valence-corrected chi connectivity index (χ3v) is 3.38. The van der Waals surface area contributed by atoms with Crippen molar-refractivity contribution in [2.24, 2.45) is 0 Å². The van der Waals surface area contributed by atoms with Gasteiger partial charge in [0.25, 0.3) is 0 Å². The minimum absolute atomic E-state index is 0.275. The third-order valence-electron chi connectivity index (χ3n) is 3.38. The van der Waals surface area contributed by atoms with Crippen LogP contribution in [0.4, 0.5) is 0 Å². The Morgan fingerprint density at radius 3 is 2.88 bits per heavy atom. The lowest BCUT2D eigenvalue weighted by Gasteiger charge is -2.05. The summed E-state index contributed by atoms with van der Waals surface area (Å²) in [6.45, 7) is 0. The summed E-state index contributed by atoms with van der Waals surface area (Å²) in [4.78, 5) is 15.5. The van der Waals surface area contributed by atoms with Crippen molar-refractivity contribution in [1.82, 2.24) is 14.6 Å². The van der Waals surface area contributed by atoms with E-state index in [2.05, 4.69) is 10.1 Å². The minimum Gasteiger partial charge on any atom is -0.477 e. The highest BCUT2D eigenvalue weighted by Gasteiger charge is 2.28. The van der Waals surface area contributed by atoms with Gasteiger partial charge in [0, 0.05) is 18.3 Å². The van der Waals surface area contributed by atoms with Gasteiger partial charge >= 0.3 is 5.97 Å². The maximum atomic E-state index is 11.4. The first-order valence-corrected chi connectivity index (χ1v) is 5.84. The molecule has 3 rings (SSSR count). The summed E-state index contributed by atoms with van der Waals surface area (Å²) in [5.74, 6) is -0.650. The zero-order valence-electron chi connectivity index (χ0n) is 9.33. The fraction of sp³-hybridized carbons (Fsp3) is 0.417. The van der Waals surface area contributed by atoms with Gasteiger partial charge in [0.2, 0.25) is 0 Å². The van der Waals surface area contributed by atoms with Crippen LogP contribution in [-0.2, 0) is 0 Å². The molecule has 1 fully saturated rings. The summed E-state index contributed by atoms with van der Waals surface area (Å²) >= 11 is 0. The molecular weight excluding hydrogens is 218 g/mol. The largest absolute Gasteiger partial charge is 0.477 e. The zero-order chi connectivity index (χ0) is 11.8. The van der Waals surface area contributed by atoms with Gasteiger partial charge in [-0.15, -0.1) is 0 Å². The van der Waals surface area contributed by atoms with E-state index in [0.29, 0.717) is 11.3 Å². The number of carbonyl (C=O) groups is 1. The molecule has 2 aromatic heterocycles. The number of rotatable bonds is 2. The van der Waals surface area contributed by atoms with Gasteiger partial charge in [-0.05, 0) is 18.9 Å². The van der Waals surface area contributed by atoms with Crippen molar-refractivity contribution < 1.29 is 9.90 Å². The van der Waals surface area contributed by atoms with Gasteiger partial charge in [-0.1, -0.05) is 12.8 Å². The monoisotopic (exact) mass is 231 g/mol. The van der Waals surface area contributed by atoms with E-state index in [-0.39, 0.29) is 11.5 Å². The van der Waals surface area contributed by atoms with E-state index < -0.39 is 5.97 Å². The van der Waals surface area contributed by atoms with Gasteiger partial charge < -0.3 is 5.11 Å². The average molecular weight is 231 g/mol. The molecule has 0 saturated heterocycles. The lowest BCUT2D eigenvalue weighted by Crippen LogP contribution is -2.04. The molecule has 1 saturated carbocycles. The fourth-order valence-electron chi connectivity index (χ4n) is 2.59. The van der Waals surface area contributed by atoms with E-state index in [1.54, 1.807) is 23.0 Å². The van der Waals surface area contributed by atoms with Crippen molar-refractivity contribution in [3.8, 4) is 0 Å². The van der Waals surface area contributed by atoms with Crippen LogP contribution in [0, 0.1) is 0 Å². The molecule has 88 valence electrons. The molecule has 0 aliphatic heterocycles. The number of aromatic nitrogens is 3. The first-order valence-electron chi connectivity index (χ1n) is 5.84. The van der Waals surface area contributed by atoms with Crippen molar-refractivity contribution in [1.29, 1.82) is 0 Å². The molecule has 5 heteroatoms. The molecule has 0 bridgehead atoms. The molecule has 2 aromatic rings. The van der Waals surface area contributed by atoms with Gasteiger partial charge in [-0.3, -0.25) is 0 Å². The van der Waals surface area contributed by atoms with E-state index >= 15 is 0 Å². The van der Waals surface area contributed by atoms with Crippen molar-refractivity contribution in [2.75, 3.05) is 0 Å². The number of hydrogen-bond donors (Lipinski definition) is 1. The summed E-state index contributed by atoms with van der Waals surface area (Å²) in [5, 5.41) is 13.7. The molecule has 1 aliphatic carbocycles. The number of aromatic carboxylic acids is 1. The first kappa shape index (κ1) is 10.3. The molecule has 17 heavy (non-hydrogen) atoms. The lowest BCUT2D eigenvalue weighted by atomic mass is 10.0. The van der Waals surface area contributed by atoms with Crippen LogP contribution < -0.4 is 0 Å². The zero-order valence-corrected chi connectivity index (χ0v) is 9.33.